The molecule has 1 fully saturated rings. The maximum atomic E-state index is 12.0. The first-order valence-electron chi connectivity index (χ1n) is 8.00. The zero-order valence-electron chi connectivity index (χ0n) is 13.9. The number of methoxy groups -OCH3 is 1. The first kappa shape index (κ1) is 17.4. The Kier molecular flexibility index (Phi) is 6.96. The summed E-state index contributed by atoms with van der Waals surface area (Å²) in [5, 5.41) is 3.36. The standard InChI is InChI=1S/C16H32N2O2/c1-6-9-17-16(4,15(19)20-5)8-11-18-10-7-13(2)12-14(18)3/h13-14,17H,6-12H2,1-5H3. The van der Waals surface area contributed by atoms with Gasteiger partial charge in [0.2, 0.25) is 0 Å². The lowest BCUT2D eigenvalue weighted by molar-refractivity contribution is -0.148. The van der Waals surface area contributed by atoms with Crippen LogP contribution in [0, 0.1) is 5.92 Å². The molecular weight excluding hydrogens is 252 g/mol. The van der Waals surface area contributed by atoms with Crippen molar-refractivity contribution in [3.63, 3.8) is 0 Å². The molecule has 0 aromatic carbocycles. The average molecular weight is 284 g/mol. The normalized spacial score (nSPS) is 27.1. The van der Waals surface area contributed by atoms with Crippen LogP contribution in [0.15, 0.2) is 0 Å². The second kappa shape index (κ2) is 7.99. The van der Waals surface area contributed by atoms with E-state index in [2.05, 4.69) is 31.0 Å². The molecule has 1 aliphatic rings. The van der Waals surface area contributed by atoms with E-state index in [-0.39, 0.29) is 5.97 Å². The highest BCUT2D eigenvalue weighted by molar-refractivity contribution is 5.80. The van der Waals surface area contributed by atoms with E-state index in [0.29, 0.717) is 6.04 Å². The molecule has 1 aliphatic heterocycles. The Hall–Kier alpha value is -0.610. The van der Waals surface area contributed by atoms with Crippen molar-refractivity contribution in [3.05, 3.63) is 0 Å². The van der Waals surface area contributed by atoms with Gasteiger partial charge in [-0.3, -0.25) is 4.79 Å². The van der Waals surface area contributed by atoms with Gasteiger partial charge >= 0.3 is 5.97 Å². The Bertz CT molecular complexity index is 309. The zero-order valence-corrected chi connectivity index (χ0v) is 13.9. The van der Waals surface area contributed by atoms with Crippen LogP contribution in [0.2, 0.25) is 0 Å². The minimum Gasteiger partial charge on any atom is -0.468 e. The van der Waals surface area contributed by atoms with E-state index in [0.717, 1.165) is 38.4 Å². The highest BCUT2D eigenvalue weighted by Crippen LogP contribution is 2.23. The Morgan fingerprint density at radius 2 is 2.15 bits per heavy atom. The number of rotatable bonds is 7. The largest absolute Gasteiger partial charge is 0.468 e. The van der Waals surface area contributed by atoms with Crippen LogP contribution in [0.4, 0.5) is 0 Å². The minimum atomic E-state index is -0.562. The number of carbonyl (C=O) groups is 1. The summed E-state index contributed by atoms with van der Waals surface area (Å²) in [6, 6.07) is 0.617. The average Bonchev–Trinajstić information content (AvgIpc) is 2.43. The number of piperidine rings is 1. The fourth-order valence-electron chi connectivity index (χ4n) is 3.04. The van der Waals surface area contributed by atoms with Gasteiger partial charge in [-0.05, 0) is 58.5 Å². The van der Waals surface area contributed by atoms with Crippen molar-refractivity contribution in [2.75, 3.05) is 26.7 Å². The van der Waals surface area contributed by atoms with Crippen molar-refractivity contribution < 1.29 is 9.53 Å². The van der Waals surface area contributed by atoms with E-state index in [4.69, 9.17) is 4.74 Å². The summed E-state index contributed by atoms with van der Waals surface area (Å²) < 4.78 is 4.98. The lowest BCUT2D eigenvalue weighted by Crippen LogP contribution is -2.53. The molecule has 4 nitrogen and oxygen atoms in total. The second-order valence-electron chi connectivity index (χ2n) is 6.52. The number of carbonyl (C=O) groups excluding carboxylic acids is 1. The van der Waals surface area contributed by atoms with Crippen LogP contribution in [0.5, 0.6) is 0 Å². The molecule has 0 amide bonds. The smallest absolute Gasteiger partial charge is 0.325 e. The molecule has 3 atom stereocenters. The summed E-state index contributed by atoms with van der Waals surface area (Å²) in [5.74, 6) is 0.676. The van der Waals surface area contributed by atoms with E-state index >= 15 is 0 Å². The molecule has 0 bridgehead atoms. The summed E-state index contributed by atoms with van der Waals surface area (Å²) >= 11 is 0. The van der Waals surface area contributed by atoms with Gasteiger partial charge in [-0.2, -0.15) is 0 Å². The van der Waals surface area contributed by atoms with Crippen molar-refractivity contribution in [2.24, 2.45) is 5.92 Å². The predicted octanol–water partition coefficient (Wildman–Crippen LogP) is 2.43. The maximum absolute atomic E-state index is 12.0. The molecule has 4 heteroatoms. The first-order chi connectivity index (χ1) is 9.42. The van der Waals surface area contributed by atoms with Crippen LogP contribution in [-0.4, -0.2) is 49.2 Å². The molecule has 118 valence electrons. The van der Waals surface area contributed by atoms with Crippen LogP contribution in [-0.2, 0) is 9.53 Å². The molecule has 1 saturated heterocycles. The molecule has 0 saturated carbocycles. The number of esters is 1. The summed E-state index contributed by atoms with van der Waals surface area (Å²) in [4.78, 5) is 14.6. The van der Waals surface area contributed by atoms with Gasteiger partial charge in [-0.1, -0.05) is 13.8 Å². The highest BCUT2D eigenvalue weighted by atomic mass is 16.5. The van der Waals surface area contributed by atoms with Crippen molar-refractivity contribution in [1.29, 1.82) is 0 Å². The molecule has 1 rings (SSSR count). The zero-order chi connectivity index (χ0) is 15.2. The second-order valence-corrected chi connectivity index (χ2v) is 6.52. The van der Waals surface area contributed by atoms with E-state index in [1.54, 1.807) is 0 Å². The fraction of sp³-hybridized carbons (Fsp3) is 0.938. The summed E-state index contributed by atoms with van der Waals surface area (Å²) in [6.07, 6.45) is 4.35. The van der Waals surface area contributed by atoms with Gasteiger partial charge in [-0.15, -0.1) is 0 Å². The molecule has 0 aromatic rings. The van der Waals surface area contributed by atoms with Gasteiger partial charge in [0.05, 0.1) is 7.11 Å². The van der Waals surface area contributed by atoms with Gasteiger partial charge in [0.25, 0.3) is 0 Å². The van der Waals surface area contributed by atoms with Crippen LogP contribution in [0.3, 0.4) is 0 Å². The predicted molar refractivity (Wildman–Crippen MR) is 82.8 cm³/mol. The van der Waals surface area contributed by atoms with Crippen molar-refractivity contribution in [3.8, 4) is 0 Å². The lowest BCUT2D eigenvalue weighted by Gasteiger charge is -2.38. The Balaban J connectivity index is 2.55. The number of likely N-dealkylation sites (tertiary alicyclic amines) is 1. The maximum Gasteiger partial charge on any atom is 0.325 e. The molecule has 1 heterocycles. The quantitative estimate of drug-likeness (QED) is 0.729. The van der Waals surface area contributed by atoms with Crippen molar-refractivity contribution >= 4 is 5.97 Å². The fourth-order valence-corrected chi connectivity index (χ4v) is 3.04. The van der Waals surface area contributed by atoms with Gasteiger partial charge in [0, 0.05) is 12.6 Å². The lowest BCUT2D eigenvalue weighted by atomic mass is 9.91. The molecule has 3 unspecified atom stereocenters. The van der Waals surface area contributed by atoms with Gasteiger partial charge in [-0.25, -0.2) is 0 Å². The third kappa shape index (κ3) is 4.74. The topological polar surface area (TPSA) is 41.6 Å². The van der Waals surface area contributed by atoms with Crippen LogP contribution in [0.25, 0.3) is 0 Å². The summed E-state index contributed by atoms with van der Waals surface area (Å²) in [6.45, 7) is 11.6. The highest BCUT2D eigenvalue weighted by Gasteiger charge is 2.34. The summed E-state index contributed by atoms with van der Waals surface area (Å²) in [7, 11) is 1.47. The van der Waals surface area contributed by atoms with E-state index in [9.17, 15) is 4.79 Å². The number of hydrogen-bond acceptors (Lipinski definition) is 4. The Morgan fingerprint density at radius 3 is 2.70 bits per heavy atom. The molecular formula is C16H32N2O2. The van der Waals surface area contributed by atoms with Gasteiger partial charge < -0.3 is 15.0 Å². The minimum absolute atomic E-state index is 0.149. The number of nitrogens with zero attached hydrogens (tertiary/aromatic N) is 1. The van der Waals surface area contributed by atoms with Crippen LogP contribution >= 0.6 is 0 Å². The van der Waals surface area contributed by atoms with Gasteiger partial charge in [0.15, 0.2) is 0 Å². The van der Waals surface area contributed by atoms with Gasteiger partial charge in [0.1, 0.15) is 5.54 Å². The third-order valence-electron chi connectivity index (χ3n) is 4.58. The third-order valence-corrected chi connectivity index (χ3v) is 4.58. The number of nitrogens with one attached hydrogen (secondary N) is 1. The molecule has 0 aromatic heterocycles. The van der Waals surface area contributed by atoms with E-state index < -0.39 is 5.54 Å². The van der Waals surface area contributed by atoms with E-state index in [1.807, 2.05) is 6.92 Å². The van der Waals surface area contributed by atoms with E-state index in [1.165, 1.54) is 20.0 Å². The van der Waals surface area contributed by atoms with Crippen molar-refractivity contribution in [2.45, 2.75) is 65.0 Å². The molecule has 0 spiro atoms. The SMILES string of the molecule is CCCNC(C)(CCN1CCC(C)CC1C)C(=O)OC. The monoisotopic (exact) mass is 284 g/mol. The molecule has 20 heavy (non-hydrogen) atoms. The first-order valence-corrected chi connectivity index (χ1v) is 8.00. The van der Waals surface area contributed by atoms with Crippen molar-refractivity contribution in [1.82, 2.24) is 10.2 Å². The summed E-state index contributed by atoms with van der Waals surface area (Å²) in [5.41, 5.74) is -0.562. The number of hydrogen-bond donors (Lipinski definition) is 1. The molecule has 0 aliphatic carbocycles. The number of ether oxygens (including phenoxy) is 1. The Morgan fingerprint density at radius 1 is 1.45 bits per heavy atom. The van der Waals surface area contributed by atoms with Crippen LogP contribution < -0.4 is 5.32 Å². The van der Waals surface area contributed by atoms with Crippen LogP contribution in [0.1, 0.15) is 53.4 Å². The Labute approximate surface area is 124 Å². The molecule has 0 radical (unpaired) electrons. The molecule has 1 N–H and O–H groups in total.